The Kier molecular flexibility index (Phi) is 3.76. The average Bonchev–Trinajstić information content (AvgIpc) is 2.15. The van der Waals surface area contributed by atoms with Gasteiger partial charge in [-0.2, -0.15) is 12.6 Å². The van der Waals surface area contributed by atoms with Crippen LogP contribution in [0.15, 0.2) is 18.2 Å². The van der Waals surface area contributed by atoms with Crippen LogP contribution in [0.1, 0.15) is 5.56 Å². The highest BCUT2D eigenvalue weighted by atomic mass is 32.1. The molecule has 0 aromatic heterocycles. The van der Waals surface area contributed by atoms with Crippen LogP contribution in [0.5, 0.6) is 5.75 Å². The summed E-state index contributed by atoms with van der Waals surface area (Å²) in [6.45, 7) is 2.15. The maximum Gasteiger partial charge on any atom is 0.311 e. The first-order chi connectivity index (χ1) is 6.66. The third-order valence-corrected chi connectivity index (χ3v) is 1.91. The third kappa shape index (κ3) is 2.38. The lowest BCUT2D eigenvalue weighted by Gasteiger charge is -2.07. The Morgan fingerprint density at radius 2 is 2.29 bits per heavy atom. The Balaban J connectivity index is 3.02. The van der Waals surface area contributed by atoms with Gasteiger partial charge in [-0.05, 0) is 12.5 Å². The average molecular weight is 213 g/mol. The molecular formula is C9H11NO3S. The van der Waals surface area contributed by atoms with Crippen molar-refractivity contribution in [1.29, 1.82) is 0 Å². The van der Waals surface area contributed by atoms with Gasteiger partial charge < -0.3 is 4.74 Å². The lowest BCUT2D eigenvalue weighted by Crippen LogP contribution is -2.02. The van der Waals surface area contributed by atoms with Crippen molar-refractivity contribution in [2.45, 2.75) is 6.92 Å². The number of nitro groups is 1. The monoisotopic (exact) mass is 213 g/mol. The summed E-state index contributed by atoms with van der Waals surface area (Å²) in [6, 6.07) is 4.85. The maximum absolute atomic E-state index is 10.6. The first-order valence-corrected chi connectivity index (χ1v) is 4.77. The molecule has 0 aliphatic heterocycles. The number of hydrogen-bond acceptors (Lipinski definition) is 4. The summed E-state index contributed by atoms with van der Waals surface area (Å²) < 4.78 is 5.26. The Morgan fingerprint density at radius 3 is 2.86 bits per heavy atom. The van der Waals surface area contributed by atoms with E-state index in [0.29, 0.717) is 18.1 Å². The molecular weight excluding hydrogens is 202 g/mol. The van der Waals surface area contributed by atoms with Gasteiger partial charge in [0.15, 0.2) is 5.75 Å². The number of rotatable bonds is 4. The molecule has 4 nitrogen and oxygen atoms in total. The van der Waals surface area contributed by atoms with Gasteiger partial charge in [0.1, 0.15) is 0 Å². The molecule has 1 aromatic carbocycles. The molecule has 0 spiro atoms. The molecule has 1 aromatic rings. The van der Waals surface area contributed by atoms with Crippen LogP contribution in [0, 0.1) is 17.0 Å². The molecule has 0 atom stereocenters. The number of ether oxygens (including phenoxy) is 1. The Labute approximate surface area is 87.4 Å². The van der Waals surface area contributed by atoms with Gasteiger partial charge in [0.25, 0.3) is 0 Å². The van der Waals surface area contributed by atoms with Crippen LogP contribution in [0.25, 0.3) is 0 Å². The second kappa shape index (κ2) is 4.85. The zero-order valence-electron chi connectivity index (χ0n) is 7.77. The fourth-order valence-electron chi connectivity index (χ4n) is 1.12. The molecule has 0 aliphatic rings. The van der Waals surface area contributed by atoms with Crippen molar-refractivity contribution in [3.8, 4) is 5.75 Å². The van der Waals surface area contributed by atoms with Crippen LogP contribution >= 0.6 is 12.6 Å². The Hall–Kier alpha value is -1.23. The second-order valence-electron chi connectivity index (χ2n) is 2.75. The molecule has 1 rings (SSSR count). The Bertz CT molecular complexity index is 341. The van der Waals surface area contributed by atoms with Gasteiger partial charge in [-0.15, -0.1) is 0 Å². The first-order valence-electron chi connectivity index (χ1n) is 4.14. The van der Waals surface area contributed by atoms with E-state index in [4.69, 9.17) is 4.74 Å². The largest absolute Gasteiger partial charge is 0.486 e. The van der Waals surface area contributed by atoms with Gasteiger partial charge in [0.2, 0.25) is 0 Å². The maximum atomic E-state index is 10.6. The summed E-state index contributed by atoms with van der Waals surface area (Å²) in [5.74, 6) is 0.873. The lowest BCUT2D eigenvalue weighted by molar-refractivity contribution is -0.385. The van der Waals surface area contributed by atoms with E-state index in [2.05, 4.69) is 12.6 Å². The number of para-hydroxylation sites is 1. The number of aryl methyl sites for hydroxylation is 1. The molecule has 0 fully saturated rings. The highest BCUT2D eigenvalue weighted by Crippen LogP contribution is 2.29. The van der Waals surface area contributed by atoms with Crippen LogP contribution in [-0.2, 0) is 0 Å². The van der Waals surface area contributed by atoms with Gasteiger partial charge in [-0.1, -0.05) is 12.1 Å². The summed E-state index contributed by atoms with van der Waals surface area (Å²) in [4.78, 5) is 10.2. The van der Waals surface area contributed by atoms with Crippen molar-refractivity contribution >= 4 is 18.3 Å². The van der Waals surface area contributed by atoms with Crippen LogP contribution in [0.2, 0.25) is 0 Å². The topological polar surface area (TPSA) is 52.4 Å². The summed E-state index contributed by atoms with van der Waals surface area (Å²) in [5, 5.41) is 10.6. The third-order valence-electron chi connectivity index (χ3n) is 1.73. The molecule has 5 heteroatoms. The van der Waals surface area contributed by atoms with E-state index in [1.807, 2.05) is 0 Å². The molecule has 0 bridgehead atoms. The van der Waals surface area contributed by atoms with E-state index < -0.39 is 4.92 Å². The number of benzene rings is 1. The zero-order valence-corrected chi connectivity index (χ0v) is 8.66. The highest BCUT2D eigenvalue weighted by Gasteiger charge is 2.16. The van der Waals surface area contributed by atoms with Gasteiger partial charge in [-0.3, -0.25) is 10.1 Å². The van der Waals surface area contributed by atoms with E-state index >= 15 is 0 Å². The molecule has 14 heavy (non-hydrogen) atoms. The van der Waals surface area contributed by atoms with Crippen molar-refractivity contribution in [2.75, 3.05) is 12.4 Å². The summed E-state index contributed by atoms with van der Waals surface area (Å²) in [7, 11) is 0. The fraction of sp³-hybridized carbons (Fsp3) is 0.333. The number of nitrogens with zero attached hydrogens (tertiary/aromatic N) is 1. The SMILES string of the molecule is Cc1cccc([N+](=O)[O-])c1OCCS. The summed E-state index contributed by atoms with van der Waals surface area (Å²) in [5.41, 5.74) is 0.771. The van der Waals surface area contributed by atoms with E-state index in [-0.39, 0.29) is 5.69 Å². The van der Waals surface area contributed by atoms with Crippen LogP contribution in [-0.4, -0.2) is 17.3 Å². The van der Waals surface area contributed by atoms with E-state index in [1.54, 1.807) is 19.1 Å². The van der Waals surface area contributed by atoms with Gasteiger partial charge in [0.05, 0.1) is 11.5 Å². The highest BCUT2D eigenvalue weighted by molar-refractivity contribution is 7.80. The van der Waals surface area contributed by atoms with Gasteiger partial charge in [0, 0.05) is 11.8 Å². The molecule has 0 unspecified atom stereocenters. The van der Waals surface area contributed by atoms with Crippen molar-refractivity contribution in [3.05, 3.63) is 33.9 Å². The smallest absolute Gasteiger partial charge is 0.311 e. The fourth-order valence-corrected chi connectivity index (χ4v) is 1.21. The number of thiol groups is 1. The van der Waals surface area contributed by atoms with Gasteiger partial charge in [-0.25, -0.2) is 0 Å². The molecule has 0 aliphatic carbocycles. The molecule has 0 saturated heterocycles. The van der Waals surface area contributed by atoms with Crippen LogP contribution in [0.4, 0.5) is 5.69 Å². The van der Waals surface area contributed by atoms with Crippen LogP contribution in [0.3, 0.4) is 0 Å². The summed E-state index contributed by atoms with van der Waals surface area (Å²) >= 11 is 3.98. The molecule has 0 radical (unpaired) electrons. The van der Waals surface area contributed by atoms with Crippen LogP contribution < -0.4 is 4.74 Å². The van der Waals surface area contributed by atoms with Crippen molar-refractivity contribution in [1.82, 2.24) is 0 Å². The first kappa shape index (κ1) is 10.8. The molecule has 0 N–H and O–H groups in total. The molecule has 0 heterocycles. The number of hydrogen-bond donors (Lipinski definition) is 1. The van der Waals surface area contributed by atoms with Crippen molar-refractivity contribution in [3.63, 3.8) is 0 Å². The minimum Gasteiger partial charge on any atom is -0.486 e. The second-order valence-corrected chi connectivity index (χ2v) is 3.20. The van der Waals surface area contributed by atoms with E-state index in [0.717, 1.165) is 5.56 Å². The minimum absolute atomic E-state index is 0.00628. The van der Waals surface area contributed by atoms with Crippen molar-refractivity contribution in [2.24, 2.45) is 0 Å². The quantitative estimate of drug-likeness (QED) is 0.474. The van der Waals surface area contributed by atoms with Crippen molar-refractivity contribution < 1.29 is 9.66 Å². The van der Waals surface area contributed by atoms with Gasteiger partial charge >= 0.3 is 5.69 Å². The predicted molar refractivity (Wildman–Crippen MR) is 57.2 cm³/mol. The molecule has 76 valence electrons. The molecule has 0 amide bonds. The standard InChI is InChI=1S/C9H11NO3S/c1-7-3-2-4-8(10(11)12)9(7)13-5-6-14/h2-4,14H,5-6H2,1H3. The normalized spacial score (nSPS) is 9.86. The number of nitro benzene ring substituents is 1. The Morgan fingerprint density at radius 1 is 1.57 bits per heavy atom. The molecule has 0 saturated carbocycles. The van der Waals surface area contributed by atoms with E-state index in [9.17, 15) is 10.1 Å². The minimum atomic E-state index is -0.444. The summed E-state index contributed by atoms with van der Waals surface area (Å²) in [6.07, 6.45) is 0. The zero-order chi connectivity index (χ0) is 10.6. The predicted octanol–water partition coefficient (Wildman–Crippen LogP) is 2.21. The van der Waals surface area contributed by atoms with E-state index in [1.165, 1.54) is 6.07 Å². The lowest BCUT2D eigenvalue weighted by atomic mass is 10.2.